The zero-order valence-electron chi connectivity index (χ0n) is 19.4. The number of fused-ring (bicyclic) bond motifs is 1. The number of piperidine rings is 1. The molecule has 1 aromatic heterocycles. The summed E-state index contributed by atoms with van der Waals surface area (Å²) in [6, 6.07) is 7.57. The van der Waals surface area contributed by atoms with Crippen molar-refractivity contribution in [2.45, 2.75) is 70.8 Å². The van der Waals surface area contributed by atoms with Crippen molar-refractivity contribution < 1.29 is 14.0 Å². The van der Waals surface area contributed by atoms with Gasteiger partial charge in [0, 0.05) is 12.5 Å². The number of nitrogens with one attached hydrogen (secondary N) is 1. The summed E-state index contributed by atoms with van der Waals surface area (Å²) < 4.78 is 6.00. The Hall–Kier alpha value is -2.41. The molecule has 7 heteroatoms. The highest BCUT2D eigenvalue weighted by atomic mass is 16.3. The zero-order chi connectivity index (χ0) is 22.5. The molecule has 2 aromatic rings. The SMILES string of the molecule is CC(C)(C)C1CCC2(CC1)NC(=O)N(CN1CCC[C@H](c3nc4ccccc4o3)C1)C2=O. The van der Waals surface area contributed by atoms with Crippen molar-refractivity contribution in [2.24, 2.45) is 11.3 Å². The number of hydrogen-bond donors (Lipinski definition) is 1. The van der Waals surface area contributed by atoms with Gasteiger partial charge in [0.15, 0.2) is 11.5 Å². The number of urea groups is 1. The van der Waals surface area contributed by atoms with Gasteiger partial charge in [-0.05, 0) is 68.5 Å². The van der Waals surface area contributed by atoms with E-state index in [4.69, 9.17) is 4.42 Å². The molecule has 7 nitrogen and oxygen atoms in total. The number of nitrogens with zero attached hydrogens (tertiary/aromatic N) is 3. The molecule has 1 aromatic carbocycles. The second-order valence-electron chi connectivity index (χ2n) is 11.0. The first-order valence-corrected chi connectivity index (χ1v) is 12.0. The maximum atomic E-state index is 13.4. The Morgan fingerprint density at radius 2 is 1.91 bits per heavy atom. The third kappa shape index (κ3) is 3.81. The second-order valence-corrected chi connectivity index (χ2v) is 11.0. The number of benzene rings is 1. The smallest absolute Gasteiger partial charge is 0.326 e. The lowest BCUT2D eigenvalue weighted by atomic mass is 9.67. The largest absolute Gasteiger partial charge is 0.440 e. The fraction of sp³-hybridized carbons (Fsp3) is 0.640. The molecule has 3 heterocycles. The monoisotopic (exact) mass is 438 g/mol. The summed E-state index contributed by atoms with van der Waals surface area (Å²) in [6.45, 7) is 8.74. The molecule has 0 unspecified atom stereocenters. The van der Waals surface area contributed by atoms with Crippen LogP contribution in [0.4, 0.5) is 4.79 Å². The summed E-state index contributed by atoms with van der Waals surface area (Å²) in [5.74, 6) is 1.48. The molecule has 2 saturated heterocycles. The summed E-state index contributed by atoms with van der Waals surface area (Å²) in [5.41, 5.74) is 1.22. The van der Waals surface area contributed by atoms with E-state index in [1.807, 2.05) is 24.3 Å². The van der Waals surface area contributed by atoms with Crippen LogP contribution in [0.2, 0.25) is 0 Å². The van der Waals surface area contributed by atoms with Crippen LogP contribution in [-0.4, -0.2) is 52.0 Å². The van der Waals surface area contributed by atoms with Crippen molar-refractivity contribution in [3.05, 3.63) is 30.2 Å². The van der Waals surface area contributed by atoms with Gasteiger partial charge in [-0.3, -0.25) is 9.69 Å². The predicted molar refractivity (Wildman–Crippen MR) is 122 cm³/mol. The summed E-state index contributed by atoms with van der Waals surface area (Å²) in [6.07, 6.45) is 5.43. The fourth-order valence-electron chi connectivity index (χ4n) is 5.77. The van der Waals surface area contributed by atoms with E-state index in [2.05, 4.69) is 36.0 Å². The van der Waals surface area contributed by atoms with E-state index in [0.29, 0.717) is 12.6 Å². The van der Waals surface area contributed by atoms with Crippen LogP contribution in [0.25, 0.3) is 11.1 Å². The van der Waals surface area contributed by atoms with E-state index in [0.717, 1.165) is 68.6 Å². The van der Waals surface area contributed by atoms with Crippen molar-refractivity contribution in [1.29, 1.82) is 0 Å². The molecule has 1 spiro atoms. The van der Waals surface area contributed by atoms with Crippen molar-refractivity contribution in [2.75, 3.05) is 19.8 Å². The molecular weight excluding hydrogens is 404 g/mol. The highest BCUT2D eigenvalue weighted by molar-refractivity contribution is 6.07. The Morgan fingerprint density at radius 1 is 1.16 bits per heavy atom. The summed E-state index contributed by atoms with van der Waals surface area (Å²) in [5, 5.41) is 3.07. The molecule has 1 N–H and O–H groups in total. The molecule has 3 amide bonds. The number of aromatic nitrogens is 1. The molecule has 3 fully saturated rings. The first kappa shape index (κ1) is 21.4. The second kappa shape index (κ2) is 7.87. The Balaban J connectivity index is 1.25. The first-order valence-electron chi connectivity index (χ1n) is 12.0. The van der Waals surface area contributed by atoms with Crippen LogP contribution >= 0.6 is 0 Å². The number of para-hydroxylation sites is 2. The van der Waals surface area contributed by atoms with Crippen LogP contribution in [0.15, 0.2) is 28.7 Å². The van der Waals surface area contributed by atoms with Crippen LogP contribution in [0.3, 0.4) is 0 Å². The zero-order valence-corrected chi connectivity index (χ0v) is 19.4. The molecule has 5 rings (SSSR count). The molecule has 32 heavy (non-hydrogen) atoms. The average Bonchev–Trinajstić information content (AvgIpc) is 3.29. The van der Waals surface area contributed by atoms with Gasteiger partial charge in [-0.25, -0.2) is 14.7 Å². The highest BCUT2D eigenvalue weighted by Gasteiger charge is 2.53. The van der Waals surface area contributed by atoms with Crippen LogP contribution in [0, 0.1) is 11.3 Å². The van der Waals surface area contributed by atoms with Crippen molar-refractivity contribution in [3.8, 4) is 0 Å². The first-order chi connectivity index (χ1) is 15.2. The maximum absolute atomic E-state index is 13.4. The van der Waals surface area contributed by atoms with Crippen LogP contribution in [0.1, 0.15) is 71.1 Å². The van der Waals surface area contributed by atoms with Gasteiger partial charge in [-0.15, -0.1) is 0 Å². The van der Waals surface area contributed by atoms with Gasteiger partial charge in [0.25, 0.3) is 5.91 Å². The van der Waals surface area contributed by atoms with Gasteiger partial charge in [-0.2, -0.15) is 0 Å². The maximum Gasteiger partial charge on any atom is 0.326 e. The van der Waals surface area contributed by atoms with Crippen LogP contribution in [-0.2, 0) is 4.79 Å². The van der Waals surface area contributed by atoms with E-state index >= 15 is 0 Å². The lowest BCUT2D eigenvalue weighted by Gasteiger charge is -2.40. The summed E-state index contributed by atoms with van der Waals surface area (Å²) >= 11 is 0. The number of carbonyl (C=O) groups is 2. The topological polar surface area (TPSA) is 78.7 Å². The molecular formula is C25H34N4O3. The van der Waals surface area contributed by atoms with Gasteiger partial charge in [0.2, 0.25) is 0 Å². The average molecular weight is 439 g/mol. The number of oxazole rings is 1. The Morgan fingerprint density at radius 3 is 2.62 bits per heavy atom. The molecule has 1 aliphatic carbocycles. The number of hydrogen-bond acceptors (Lipinski definition) is 5. The van der Waals surface area contributed by atoms with E-state index in [9.17, 15) is 9.59 Å². The quantitative estimate of drug-likeness (QED) is 0.714. The normalized spacial score (nSPS) is 29.8. The lowest BCUT2D eigenvalue weighted by molar-refractivity contribution is -0.134. The number of imide groups is 1. The highest BCUT2D eigenvalue weighted by Crippen LogP contribution is 2.43. The third-order valence-electron chi connectivity index (χ3n) is 7.82. The van der Waals surface area contributed by atoms with Gasteiger partial charge in [0.1, 0.15) is 11.1 Å². The van der Waals surface area contributed by atoms with Crippen molar-refractivity contribution in [1.82, 2.24) is 20.1 Å². The van der Waals surface area contributed by atoms with Gasteiger partial charge >= 0.3 is 6.03 Å². The Labute approximate surface area is 189 Å². The van der Waals surface area contributed by atoms with Crippen molar-refractivity contribution >= 4 is 23.0 Å². The molecule has 1 saturated carbocycles. The molecule has 0 bridgehead atoms. The number of carbonyl (C=O) groups excluding carboxylic acids is 2. The minimum atomic E-state index is -0.700. The number of amides is 3. The van der Waals surface area contributed by atoms with E-state index in [1.165, 1.54) is 4.90 Å². The van der Waals surface area contributed by atoms with E-state index in [-0.39, 0.29) is 23.3 Å². The molecule has 3 aliphatic rings. The molecule has 0 radical (unpaired) electrons. The predicted octanol–water partition coefficient (Wildman–Crippen LogP) is 4.49. The van der Waals surface area contributed by atoms with Crippen LogP contribution < -0.4 is 5.32 Å². The molecule has 2 aliphatic heterocycles. The lowest BCUT2D eigenvalue weighted by Crippen LogP contribution is -2.51. The van der Waals surface area contributed by atoms with Gasteiger partial charge in [-0.1, -0.05) is 32.9 Å². The van der Waals surface area contributed by atoms with E-state index < -0.39 is 5.54 Å². The van der Waals surface area contributed by atoms with Crippen molar-refractivity contribution in [3.63, 3.8) is 0 Å². The summed E-state index contributed by atoms with van der Waals surface area (Å²) in [7, 11) is 0. The van der Waals surface area contributed by atoms with E-state index in [1.54, 1.807) is 0 Å². The minimum Gasteiger partial charge on any atom is -0.440 e. The summed E-state index contributed by atoms with van der Waals surface area (Å²) in [4.78, 5) is 34.5. The van der Waals surface area contributed by atoms with Gasteiger partial charge < -0.3 is 9.73 Å². The Kier molecular flexibility index (Phi) is 5.27. The number of likely N-dealkylation sites (tertiary alicyclic amines) is 1. The van der Waals surface area contributed by atoms with Gasteiger partial charge in [0.05, 0.1) is 6.67 Å². The minimum absolute atomic E-state index is 0.0427. The third-order valence-corrected chi connectivity index (χ3v) is 7.82. The molecule has 172 valence electrons. The molecule has 1 atom stereocenters. The standard InChI is InChI=1S/C25H34N4O3/c1-24(2,3)18-10-12-25(13-11-18)22(30)29(23(31)27-25)16-28-14-6-7-17(15-28)21-26-19-8-4-5-9-20(19)32-21/h4-5,8-9,17-18H,6-7,10-16H2,1-3H3,(H,27,31)/t17-,18?,25?/m0/s1. The Bertz CT molecular complexity index is 983. The fourth-order valence-corrected chi connectivity index (χ4v) is 5.77. The van der Waals surface area contributed by atoms with Crippen LogP contribution in [0.5, 0.6) is 0 Å². The number of rotatable bonds is 3.